The van der Waals surface area contributed by atoms with Gasteiger partial charge in [0.1, 0.15) is 34.1 Å². The molecule has 2 aromatic rings. The van der Waals surface area contributed by atoms with E-state index in [2.05, 4.69) is 0 Å². The molecular weight excluding hydrogens is 473 g/mol. The van der Waals surface area contributed by atoms with Gasteiger partial charge in [0.15, 0.2) is 5.52 Å². The van der Waals surface area contributed by atoms with Crippen LogP contribution in [0, 0.1) is 0 Å². The van der Waals surface area contributed by atoms with E-state index in [4.69, 9.17) is 37.4 Å². The van der Waals surface area contributed by atoms with Crippen LogP contribution in [0.4, 0.5) is 0 Å². The van der Waals surface area contributed by atoms with Gasteiger partial charge in [0.25, 0.3) is 0 Å². The van der Waals surface area contributed by atoms with Crippen LogP contribution < -0.4 is 19.5 Å². The summed E-state index contributed by atoms with van der Waals surface area (Å²) in [5.41, 5.74) is -1.30. The van der Waals surface area contributed by atoms with Crippen LogP contribution in [0.1, 0.15) is 72.7 Å². The monoisotopic (exact) mass is 506 g/mol. The molecule has 1 unspecified atom stereocenters. The Hall–Kier alpha value is -0.883. The second kappa shape index (κ2) is 11.2. The zero-order valence-corrected chi connectivity index (χ0v) is 22.8. The second-order valence-corrected chi connectivity index (χ2v) is 12.5. The summed E-state index contributed by atoms with van der Waals surface area (Å²) in [5.74, 6) is 1.68. The van der Waals surface area contributed by atoms with Crippen LogP contribution in [-0.4, -0.2) is 41.2 Å². The first-order chi connectivity index (χ1) is 14.5. The first kappa shape index (κ1) is 30.1. The third-order valence-electron chi connectivity index (χ3n) is 3.72. The number of carbonyl (C=O) groups excluding carboxylic acids is 1. The Morgan fingerprint density at radius 2 is 1.15 bits per heavy atom. The molecule has 8 heteroatoms. The van der Waals surface area contributed by atoms with Crippen molar-refractivity contribution in [1.29, 1.82) is 0 Å². The molecule has 1 atom stereocenters. The molecule has 0 saturated heterocycles. The molecule has 0 amide bonds. The molecular formula is C25H34Cl2LiO4P. The zero-order chi connectivity index (χ0) is 24.5. The summed E-state index contributed by atoms with van der Waals surface area (Å²) in [4.78, 5) is 13.3. The second-order valence-electron chi connectivity index (χ2n) is 10.5. The number of rotatable bonds is 6. The Bertz CT molecular complexity index is 932. The molecule has 0 aliphatic rings. The summed E-state index contributed by atoms with van der Waals surface area (Å²) in [6.07, 6.45) is 0. The van der Waals surface area contributed by atoms with Gasteiger partial charge in [0, 0.05) is 12.1 Å². The maximum atomic E-state index is 13.3. The fourth-order valence-corrected chi connectivity index (χ4v) is 4.65. The van der Waals surface area contributed by atoms with Crippen LogP contribution in [0.25, 0.3) is 0 Å². The Morgan fingerprint density at radius 3 is 1.52 bits per heavy atom. The topological polar surface area (TPSA) is 44.8 Å². The van der Waals surface area contributed by atoms with Crippen LogP contribution >= 0.6 is 31.8 Å². The Balaban J connectivity index is 0.00000544. The fraction of sp³-hybridized carbons (Fsp3) is 0.480. The van der Waals surface area contributed by atoms with Crippen molar-refractivity contribution in [3.8, 4) is 17.2 Å². The SMILES string of the molecule is CC(C)(C)Oc1cc(OC(C)(C)C)c(PC(=O)c2c(Cl)cccc2Cl)c(OC(C)(C)C)c1.[LiH]. The van der Waals surface area contributed by atoms with Crippen molar-refractivity contribution >= 4 is 61.5 Å². The number of halogens is 2. The van der Waals surface area contributed by atoms with Gasteiger partial charge in [-0.05, 0) is 83.0 Å². The van der Waals surface area contributed by atoms with Crippen LogP contribution in [0.3, 0.4) is 0 Å². The van der Waals surface area contributed by atoms with Gasteiger partial charge in [-0.1, -0.05) is 29.3 Å². The maximum absolute atomic E-state index is 13.3. The normalized spacial score (nSPS) is 12.5. The van der Waals surface area contributed by atoms with Gasteiger partial charge in [-0.25, -0.2) is 0 Å². The molecule has 0 N–H and O–H groups in total. The number of hydrogen-bond donors (Lipinski definition) is 0. The third kappa shape index (κ3) is 9.71. The van der Waals surface area contributed by atoms with Crippen molar-refractivity contribution in [2.75, 3.05) is 0 Å². The summed E-state index contributed by atoms with van der Waals surface area (Å²) in [6.45, 7) is 17.6. The van der Waals surface area contributed by atoms with E-state index in [9.17, 15) is 4.79 Å². The van der Waals surface area contributed by atoms with E-state index in [-0.39, 0.29) is 33.0 Å². The molecule has 33 heavy (non-hydrogen) atoms. The molecule has 0 aliphatic heterocycles. The zero-order valence-electron chi connectivity index (χ0n) is 20.3. The summed E-state index contributed by atoms with van der Waals surface area (Å²) in [7, 11) is -0.311. The quantitative estimate of drug-likeness (QED) is 0.311. The van der Waals surface area contributed by atoms with Crippen molar-refractivity contribution in [1.82, 2.24) is 0 Å². The molecule has 0 aliphatic carbocycles. The standard InChI is InChI=1S/C25H33Cl2O4P.Li.H/c1-23(2,3)29-15-13-18(30-24(4,5)6)21(19(14-15)31-25(7,8)9)32-22(28)20-16(26)11-10-12-17(20)27;;/h10-14,32H,1-9H3;;. The molecule has 0 spiro atoms. The predicted octanol–water partition coefficient (Wildman–Crippen LogP) is 7.02. The predicted molar refractivity (Wildman–Crippen MR) is 143 cm³/mol. The summed E-state index contributed by atoms with van der Waals surface area (Å²) in [6, 6.07) is 8.66. The minimum absolute atomic E-state index is 0. The van der Waals surface area contributed by atoms with Crippen LogP contribution in [0.2, 0.25) is 10.0 Å². The molecule has 0 saturated carbocycles. The van der Waals surface area contributed by atoms with Gasteiger partial charge < -0.3 is 14.2 Å². The van der Waals surface area contributed by atoms with Gasteiger partial charge in [-0.15, -0.1) is 0 Å². The van der Waals surface area contributed by atoms with E-state index in [1.165, 1.54) is 0 Å². The van der Waals surface area contributed by atoms with E-state index in [0.29, 0.717) is 38.2 Å². The van der Waals surface area contributed by atoms with Gasteiger partial charge in [-0.2, -0.15) is 0 Å². The molecule has 178 valence electrons. The number of benzene rings is 2. The number of carbonyl (C=O) groups is 1. The van der Waals surface area contributed by atoms with Crippen molar-refractivity contribution in [3.05, 3.63) is 45.9 Å². The number of ether oxygens (including phenoxy) is 3. The van der Waals surface area contributed by atoms with E-state index < -0.39 is 16.8 Å². The van der Waals surface area contributed by atoms with E-state index >= 15 is 0 Å². The van der Waals surface area contributed by atoms with E-state index in [0.717, 1.165) is 0 Å². The average molecular weight is 507 g/mol. The average Bonchev–Trinajstić information content (AvgIpc) is 2.53. The van der Waals surface area contributed by atoms with Gasteiger partial charge in [0.2, 0.25) is 0 Å². The van der Waals surface area contributed by atoms with Crippen molar-refractivity contribution in [2.24, 2.45) is 0 Å². The third-order valence-corrected chi connectivity index (χ3v) is 5.57. The molecule has 2 rings (SSSR count). The molecule has 0 radical (unpaired) electrons. The van der Waals surface area contributed by atoms with Crippen molar-refractivity contribution in [3.63, 3.8) is 0 Å². The van der Waals surface area contributed by atoms with E-state index in [1.807, 2.05) is 74.4 Å². The van der Waals surface area contributed by atoms with Crippen LogP contribution in [-0.2, 0) is 0 Å². The van der Waals surface area contributed by atoms with Crippen molar-refractivity contribution < 1.29 is 19.0 Å². The summed E-state index contributed by atoms with van der Waals surface area (Å²) >= 11 is 12.6. The Kier molecular flexibility index (Phi) is 10.3. The number of hydrogen-bond acceptors (Lipinski definition) is 4. The molecule has 0 bridgehead atoms. The fourth-order valence-electron chi connectivity index (χ4n) is 2.81. The first-order valence-corrected chi connectivity index (χ1v) is 12.2. The molecule has 4 nitrogen and oxygen atoms in total. The van der Waals surface area contributed by atoms with Crippen LogP contribution in [0.15, 0.2) is 30.3 Å². The summed E-state index contributed by atoms with van der Waals surface area (Å²) < 4.78 is 18.6. The van der Waals surface area contributed by atoms with Gasteiger partial charge in [0.05, 0.1) is 20.9 Å². The van der Waals surface area contributed by atoms with Gasteiger partial charge in [-0.3, -0.25) is 4.79 Å². The van der Waals surface area contributed by atoms with Crippen molar-refractivity contribution in [2.45, 2.75) is 79.1 Å². The minimum atomic E-state index is -0.496. The Morgan fingerprint density at radius 1 is 0.758 bits per heavy atom. The molecule has 0 fully saturated rings. The molecule has 0 heterocycles. The van der Waals surface area contributed by atoms with E-state index in [1.54, 1.807) is 18.2 Å². The first-order valence-electron chi connectivity index (χ1n) is 10.5. The Labute approximate surface area is 222 Å². The summed E-state index contributed by atoms with van der Waals surface area (Å²) in [5, 5.41) is 1.29. The van der Waals surface area contributed by atoms with Gasteiger partial charge >= 0.3 is 18.9 Å². The van der Waals surface area contributed by atoms with Crippen LogP contribution in [0.5, 0.6) is 17.2 Å². The molecule has 0 aromatic heterocycles. The molecule has 2 aromatic carbocycles.